The Kier molecular flexibility index (Phi) is 4.00. The number of hydrogen-bond donors (Lipinski definition) is 0. The van der Waals surface area contributed by atoms with Gasteiger partial charge in [0.2, 0.25) is 11.8 Å². The molecule has 29 heavy (non-hydrogen) atoms. The summed E-state index contributed by atoms with van der Waals surface area (Å²) in [4.78, 5) is 24.2. The van der Waals surface area contributed by atoms with Crippen LogP contribution >= 0.6 is 0 Å². The summed E-state index contributed by atoms with van der Waals surface area (Å²) in [5.41, 5.74) is 0.594. The molecular weight excluding hydrogens is 366 g/mol. The summed E-state index contributed by atoms with van der Waals surface area (Å²) >= 11 is 0. The standard InChI is InChI=1S/C23H31N3O3/c1-15-11-24-12-20(25-15)29-19-2-3-28-23(10-19)13-26(14-23)21(27)22-7-16-4-17(8-22)6-18(5-16)9-22/h11-12,16-19H,2-10,13-14H2,1H3/t16?,17?,18?,19-,22?/m0/s1. The minimum atomic E-state index is -0.224. The molecule has 2 saturated heterocycles. The molecule has 0 unspecified atom stereocenters. The summed E-state index contributed by atoms with van der Waals surface area (Å²) in [5, 5.41) is 0. The fourth-order valence-corrected chi connectivity index (χ4v) is 7.47. The molecule has 0 radical (unpaired) electrons. The average Bonchev–Trinajstić information content (AvgIpc) is 2.64. The first-order chi connectivity index (χ1) is 14.0. The number of nitrogens with zero attached hydrogens (tertiary/aromatic N) is 3. The zero-order chi connectivity index (χ0) is 19.6. The number of amides is 1. The molecule has 1 aromatic heterocycles. The Morgan fingerprint density at radius 2 is 1.79 bits per heavy atom. The Bertz CT molecular complexity index is 784. The van der Waals surface area contributed by atoms with Crippen LogP contribution < -0.4 is 4.74 Å². The average molecular weight is 398 g/mol. The molecule has 6 fully saturated rings. The SMILES string of the molecule is Cc1cncc(O[C@H]2CCOC3(C2)CN(C(=O)C24CC5CC(CC(C5)C2)C4)C3)n1. The van der Waals surface area contributed by atoms with Gasteiger partial charge in [-0.05, 0) is 63.2 Å². The van der Waals surface area contributed by atoms with E-state index in [0.29, 0.717) is 18.4 Å². The number of rotatable bonds is 3. The van der Waals surface area contributed by atoms with Crippen molar-refractivity contribution in [2.75, 3.05) is 19.7 Å². The van der Waals surface area contributed by atoms with Crippen LogP contribution in [0, 0.1) is 30.1 Å². The molecule has 4 aliphatic carbocycles. The third-order valence-electron chi connectivity index (χ3n) is 8.21. The molecule has 1 spiro atoms. The van der Waals surface area contributed by atoms with Crippen LogP contribution in [0.5, 0.6) is 5.88 Å². The number of ether oxygens (including phenoxy) is 2. The van der Waals surface area contributed by atoms with Crippen LogP contribution in [0.3, 0.4) is 0 Å². The molecule has 7 rings (SSSR count). The van der Waals surface area contributed by atoms with Crippen LogP contribution in [0.2, 0.25) is 0 Å². The number of carbonyl (C=O) groups excluding carboxylic acids is 1. The molecule has 3 heterocycles. The number of likely N-dealkylation sites (tertiary alicyclic amines) is 1. The van der Waals surface area contributed by atoms with E-state index in [9.17, 15) is 4.79 Å². The third-order valence-corrected chi connectivity index (χ3v) is 8.21. The minimum Gasteiger partial charge on any atom is -0.473 e. The highest BCUT2D eigenvalue weighted by atomic mass is 16.5. The number of carbonyl (C=O) groups is 1. The van der Waals surface area contributed by atoms with Crippen LogP contribution in [-0.4, -0.2) is 52.2 Å². The number of aromatic nitrogens is 2. The monoisotopic (exact) mass is 397 g/mol. The van der Waals surface area contributed by atoms with Gasteiger partial charge in [-0.15, -0.1) is 0 Å². The lowest BCUT2D eigenvalue weighted by molar-refractivity contribution is -0.205. The Hall–Kier alpha value is -1.69. The normalized spacial score (nSPS) is 39.4. The molecule has 156 valence electrons. The second kappa shape index (κ2) is 6.40. The molecule has 4 saturated carbocycles. The third kappa shape index (κ3) is 3.06. The van der Waals surface area contributed by atoms with Gasteiger partial charge in [0.15, 0.2) is 0 Å². The number of hydrogen-bond acceptors (Lipinski definition) is 5. The Labute approximate surface area is 172 Å². The lowest BCUT2D eigenvalue weighted by Gasteiger charge is -2.60. The molecule has 6 aliphatic rings. The van der Waals surface area contributed by atoms with E-state index in [-0.39, 0.29) is 17.1 Å². The smallest absolute Gasteiger partial charge is 0.232 e. The Morgan fingerprint density at radius 1 is 1.10 bits per heavy atom. The van der Waals surface area contributed by atoms with E-state index in [0.717, 1.165) is 68.6 Å². The predicted octanol–water partition coefficient (Wildman–Crippen LogP) is 3.14. The van der Waals surface area contributed by atoms with Crippen molar-refractivity contribution in [3.63, 3.8) is 0 Å². The van der Waals surface area contributed by atoms with Crippen LogP contribution in [-0.2, 0) is 9.53 Å². The lowest BCUT2D eigenvalue weighted by atomic mass is 9.49. The molecule has 1 aromatic rings. The van der Waals surface area contributed by atoms with E-state index in [1.165, 1.54) is 19.3 Å². The van der Waals surface area contributed by atoms with E-state index in [4.69, 9.17) is 9.47 Å². The first-order valence-electron chi connectivity index (χ1n) is 11.4. The predicted molar refractivity (Wildman–Crippen MR) is 106 cm³/mol. The number of aryl methyl sites for hydroxylation is 1. The second-order valence-corrected chi connectivity index (χ2v) is 10.6. The molecule has 6 nitrogen and oxygen atoms in total. The maximum absolute atomic E-state index is 13.5. The van der Waals surface area contributed by atoms with Crippen LogP contribution in [0.1, 0.15) is 57.1 Å². The van der Waals surface area contributed by atoms with E-state index >= 15 is 0 Å². The van der Waals surface area contributed by atoms with Crippen LogP contribution in [0.4, 0.5) is 0 Å². The maximum atomic E-state index is 13.5. The van der Waals surface area contributed by atoms with Crippen molar-refractivity contribution in [2.45, 2.75) is 70.0 Å². The van der Waals surface area contributed by atoms with Gasteiger partial charge in [0, 0.05) is 19.0 Å². The fraction of sp³-hybridized carbons (Fsp3) is 0.783. The van der Waals surface area contributed by atoms with Gasteiger partial charge < -0.3 is 14.4 Å². The lowest BCUT2D eigenvalue weighted by Crippen LogP contribution is -2.70. The molecular formula is C23H31N3O3. The van der Waals surface area contributed by atoms with Crippen molar-refractivity contribution in [3.8, 4) is 5.88 Å². The molecule has 0 N–H and O–H groups in total. The van der Waals surface area contributed by atoms with Gasteiger partial charge in [0.1, 0.15) is 11.7 Å². The summed E-state index contributed by atoms with van der Waals surface area (Å²) in [5.74, 6) is 3.44. The van der Waals surface area contributed by atoms with E-state index in [1.807, 2.05) is 6.92 Å². The second-order valence-electron chi connectivity index (χ2n) is 10.6. The summed E-state index contributed by atoms with van der Waals surface area (Å²) in [6.45, 7) is 4.06. The van der Waals surface area contributed by atoms with Gasteiger partial charge in [0.05, 0.1) is 37.0 Å². The van der Waals surface area contributed by atoms with Gasteiger partial charge in [-0.2, -0.15) is 0 Å². The van der Waals surface area contributed by atoms with Gasteiger partial charge in [-0.1, -0.05) is 0 Å². The van der Waals surface area contributed by atoms with Gasteiger partial charge >= 0.3 is 0 Å². The van der Waals surface area contributed by atoms with Crippen LogP contribution in [0.15, 0.2) is 12.4 Å². The maximum Gasteiger partial charge on any atom is 0.232 e. The molecule has 1 amide bonds. The molecule has 0 aromatic carbocycles. The zero-order valence-electron chi connectivity index (χ0n) is 17.3. The van der Waals surface area contributed by atoms with E-state index in [2.05, 4.69) is 14.9 Å². The summed E-state index contributed by atoms with van der Waals surface area (Å²) in [7, 11) is 0. The Balaban J connectivity index is 1.10. The summed E-state index contributed by atoms with van der Waals surface area (Å²) in [6, 6.07) is 0. The zero-order valence-corrected chi connectivity index (χ0v) is 17.3. The van der Waals surface area contributed by atoms with Crippen LogP contribution in [0.25, 0.3) is 0 Å². The highest BCUT2D eigenvalue weighted by Crippen LogP contribution is 2.61. The van der Waals surface area contributed by atoms with Crippen molar-refractivity contribution >= 4 is 5.91 Å². The highest BCUT2D eigenvalue weighted by molar-refractivity contribution is 5.84. The Morgan fingerprint density at radius 3 is 2.45 bits per heavy atom. The van der Waals surface area contributed by atoms with E-state index in [1.54, 1.807) is 12.4 Å². The highest BCUT2D eigenvalue weighted by Gasteiger charge is 2.59. The fourth-order valence-electron chi connectivity index (χ4n) is 7.47. The van der Waals surface area contributed by atoms with Gasteiger partial charge in [0.25, 0.3) is 0 Å². The van der Waals surface area contributed by atoms with Crippen molar-refractivity contribution in [1.82, 2.24) is 14.9 Å². The van der Waals surface area contributed by atoms with Gasteiger partial charge in [-0.25, -0.2) is 4.98 Å². The minimum absolute atomic E-state index is 0.0436. The van der Waals surface area contributed by atoms with Crippen molar-refractivity contribution in [2.24, 2.45) is 23.2 Å². The first kappa shape index (κ1) is 18.1. The van der Waals surface area contributed by atoms with Crippen molar-refractivity contribution in [1.29, 1.82) is 0 Å². The largest absolute Gasteiger partial charge is 0.473 e. The van der Waals surface area contributed by atoms with Crippen molar-refractivity contribution < 1.29 is 14.3 Å². The molecule has 6 heteroatoms. The summed E-state index contributed by atoms with van der Waals surface area (Å²) in [6.07, 6.45) is 12.7. The first-order valence-corrected chi connectivity index (χ1v) is 11.4. The molecule has 4 bridgehead atoms. The quantitative estimate of drug-likeness (QED) is 0.784. The molecule has 1 atom stereocenters. The summed E-state index contributed by atoms with van der Waals surface area (Å²) < 4.78 is 12.3. The van der Waals surface area contributed by atoms with Crippen molar-refractivity contribution in [3.05, 3.63) is 18.1 Å². The van der Waals surface area contributed by atoms with E-state index < -0.39 is 0 Å². The topological polar surface area (TPSA) is 64.6 Å². The molecule has 2 aliphatic heterocycles. The van der Waals surface area contributed by atoms with Gasteiger partial charge in [-0.3, -0.25) is 9.78 Å².